The molecule has 2 rings (SSSR count). The zero-order valence-corrected chi connectivity index (χ0v) is 14.1. The number of amides is 1. The smallest absolute Gasteiger partial charge is 0.307 e. The summed E-state index contributed by atoms with van der Waals surface area (Å²) in [5, 5.41) is 2.65. The zero-order valence-electron chi connectivity index (χ0n) is 14.1. The molecule has 2 aromatic carbocycles. The average molecular weight is 325 g/mol. The van der Waals surface area contributed by atoms with Gasteiger partial charge in [-0.15, -0.1) is 0 Å². The van der Waals surface area contributed by atoms with Crippen LogP contribution >= 0.6 is 0 Å². The van der Waals surface area contributed by atoms with Gasteiger partial charge in [0.05, 0.1) is 6.42 Å². The van der Waals surface area contributed by atoms with Gasteiger partial charge < -0.3 is 10.1 Å². The highest BCUT2D eigenvalue weighted by Crippen LogP contribution is 2.28. The van der Waals surface area contributed by atoms with Gasteiger partial charge in [-0.1, -0.05) is 60.7 Å². The Balaban J connectivity index is 2.12. The summed E-state index contributed by atoms with van der Waals surface area (Å²) >= 11 is 0. The molecule has 0 spiro atoms. The lowest BCUT2D eigenvalue weighted by atomic mass is 9.88. The molecule has 0 aromatic heterocycles. The van der Waals surface area contributed by atoms with Crippen molar-refractivity contribution in [2.45, 2.75) is 32.3 Å². The molecule has 0 saturated heterocycles. The lowest BCUT2D eigenvalue weighted by Gasteiger charge is -2.19. The van der Waals surface area contributed by atoms with Gasteiger partial charge in [0.2, 0.25) is 0 Å². The summed E-state index contributed by atoms with van der Waals surface area (Å²) in [5.74, 6) is -0.755. The van der Waals surface area contributed by atoms with E-state index in [-0.39, 0.29) is 24.2 Å². The number of carbonyl (C=O) groups excluding carboxylic acids is 2. The quantitative estimate of drug-likeness (QED) is 0.795. The fourth-order valence-electron chi connectivity index (χ4n) is 2.58. The van der Waals surface area contributed by atoms with Crippen molar-refractivity contribution in [3.05, 3.63) is 71.8 Å². The highest BCUT2D eigenvalue weighted by molar-refractivity contribution is 5.83. The highest BCUT2D eigenvalue weighted by Gasteiger charge is 2.22. The van der Waals surface area contributed by atoms with Crippen LogP contribution in [0.15, 0.2) is 60.7 Å². The van der Waals surface area contributed by atoms with Gasteiger partial charge in [0.25, 0.3) is 5.91 Å². The molecule has 0 unspecified atom stereocenters. The first-order valence-corrected chi connectivity index (χ1v) is 8.19. The predicted octanol–water partition coefficient (Wildman–Crippen LogP) is 3.28. The summed E-state index contributed by atoms with van der Waals surface area (Å²) in [5.41, 5.74) is 2.10. The van der Waals surface area contributed by atoms with Crippen LogP contribution in [0.1, 0.15) is 37.3 Å². The van der Waals surface area contributed by atoms with E-state index in [2.05, 4.69) is 5.32 Å². The van der Waals surface area contributed by atoms with Crippen LogP contribution in [0.2, 0.25) is 0 Å². The number of hydrogen-bond donors (Lipinski definition) is 1. The summed E-state index contributed by atoms with van der Waals surface area (Å²) in [6.07, 6.45) is -0.595. The van der Waals surface area contributed by atoms with Gasteiger partial charge in [0.15, 0.2) is 6.10 Å². The largest absolute Gasteiger partial charge is 0.453 e. The van der Waals surface area contributed by atoms with E-state index < -0.39 is 6.10 Å². The van der Waals surface area contributed by atoms with E-state index in [1.165, 1.54) is 0 Å². The van der Waals surface area contributed by atoms with Crippen molar-refractivity contribution in [2.75, 3.05) is 6.54 Å². The van der Waals surface area contributed by atoms with E-state index in [1.807, 2.05) is 67.6 Å². The van der Waals surface area contributed by atoms with Crippen molar-refractivity contribution in [3.8, 4) is 0 Å². The van der Waals surface area contributed by atoms with Crippen molar-refractivity contribution < 1.29 is 14.3 Å². The molecule has 0 heterocycles. The maximum atomic E-state index is 12.3. The third kappa shape index (κ3) is 4.95. The fourth-order valence-corrected chi connectivity index (χ4v) is 2.58. The summed E-state index contributed by atoms with van der Waals surface area (Å²) in [7, 11) is 0. The first kappa shape index (κ1) is 17.7. The summed E-state index contributed by atoms with van der Waals surface area (Å²) in [4.78, 5) is 24.0. The summed E-state index contributed by atoms with van der Waals surface area (Å²) < 4.78 is 5.29. The molecule has 24 heavy (non-hydrogen) atoms. The number of benzene rings is 2. The average Bonchev–Trinajstić information content (AvgIpc) is 2.61. The van der Waals surface area contributed by atoms with Crippen LogP contribution in [0.4, 0.5) is 0 Å². The molecule has 126 valence electrons. The van der Waals surface area contributed by atoms with E-state index in [1.54, 1.807) is 6.92 Å². The van der Waals surface area contributed by atoms with Crippen molar-refractivity contribution in [1.82, 2.24) is 5.32 Å². The highest BCUT2D eigenvalue weighted by atomic mass is 16.5. The van der Waals surface area contributed by atoms with Gasteiger partial charge in [0.1, 0.15) is 0 Å². The predicted molar refractivity (Wildman–Crippen MR) is 93.6 cm³/mol. The number of carbonyl (C=O) groups is 2. The molecule has 1 N–H and O–H groups in total. The first-order valence-electron chi connectivity index (χ1n) is 8.19. The van der Waals surface area contributed by atoms with E-state index in [9.17, 15) is 9.59 Å². The second kappa shape index (κ2) is 8.87. The van der Waals surface area contributed by atoms with Crippen LogP contribution in [0.3, 0.4) is 0 Å². The van der Waals surface area contributed by atoms with Gasteiger partial charge in [-0.2, -0.15) is 0 Å². The minimum atomic E-state index is -0.787. The van der Waals surface area contributed by atoms with E-state index in [0.29, 0.717) is 6.54 Å². The molecule has 2 aromatic rings. The Morgan fingerprint density at radius 2 is 1.46 bits per heavy atom. The molecule has 0 aliphatic heterocycles. The normalized spacial score (nSPS) is 11.8. The Morgan fingerprint density at radius 3 is 1.92 bits per heavy atom. The Morgan fingerprint density at radius 1 is 0.958 bits per heavy atom. The Kier molecular flexibility index (Phi) is 6.55. The van der Waals surface area contributed by atoms with Crippen LogP contribution in [-0.4, -0.2) is 24.5 Å². The van der Waals surface area contributed by atoms with Crippen LogP contribution in [-0.2, 0) is 14.3 Å². The number of likely N-dealkylation sites (N-methyl/N-ethyl adjacent to an activating group) is 1. The van der Waals surface area contributed by atoms with E-state index >= 15 is 0 Å². The number of ether oxygens (including phenoxy) is 1. The Bertz CT molecular complexity index is 616. The molecule has 0 fully saturated rings. The molecule has 1 atom stereocenters. The van der Waals surface area contributed by atoms with Crippen LogP contribution < -0.4 is 5.32 Å². The van der Waals surface area contributed by atoms with Crippen molar-refractivity contribution in [1.29, 1.82) is 0 Å². The van der Waals surface area contributed by atoms with Gasteiger partial charge in [-0.05, 0) is 25.0 Å². The van der Waals surface area contributed by atoms with E-state index in [0.717, 1.165) is 11.1 Å². The molecule has 0 saturated carbocycles. The topological polar surface area (TPSA) is 55.4 Å². The maximum Gasteiger partial charge on any atom is 0.307 e. The van der Waals surface area contributed by atoms with Crippen molar-refractivity contribution >= 4 is 11.9 Å². The standard InChI is InChI=1S/C20H23NO3/c1-3-21-20(23)15(2)24-19(22)14-18(16-10-6-4-7-11-16)17-12-8-5-9-13-17/h4-13,15,18H,3,14H2,1-2H3,(H,21,23)/t15-/m0/s1. The molecule has 0 bridgehead atoms. The second-order valence-electron chi connectivity index (χ2n) is 5.60. The van der Waals surface area contributed by atoms with E-state index in [4.69, 9.17) is 4.74 Å². The van der Waals surface area contributed by atoms with Crippen LogP contribution in [0, 0.1) is 0 Å². The minimum Gasteiger partial charge on any atom is -0.453 e. The third-order valence-corrected chi connectivity index (χ3v) is 3.80. The van der Waals surface area contributed by atoms with Gasteiger partial charge in [0, 0.05) is 12.5 Å². The molecule has 4 heteroatoms. The number of nitrogens with one attached hydrogen (secondary N) is 1. The molecule has 0 aliphatic rings. The number of hydrogen-bond acceptors (Lipinski definition) is 3. The fraction of sp³-hybridized carbons (Fsp3) is 0.300. The third-order valence-electron chi connectivity index (χ3n) is 3.80. The van der Waals surface area contributed by atoms with Gasteiger partial charge >= 0.3 is 5.97 Å². The molecule has 4 nitrogen and oxygen atoms in total. The lowest BCUT2D eigenvalue weighted by Crippen LogP contribution is -2.35. The summed E-state index contributed by atoms with van der Waals surface area (Å²) in [6, 6.07) is 19.7. The zero-order chi connectivity index (χ0) is 17.4. The van der Waals surface area contributed by atoms with Crippen LogP contribution in [0.5, 0.6) is 0 Å². The number of rotatable bonds is 7. The van der Waals surface area contributed by atoms with Crippen molar-refractivity contribution in [2.24, 2.45) is 0 Å². The number of esters is 1. The molecular weight excluding hydrogens is 302 g/mol. The second-order valence-corrected chi connectivity index (χ2v) is 5.60. The molecular formula is C20H23NO3. The SMILES string of the molecule is CCNC(=O)[C@H](C)OC(=O)CC(c1ccccc1)c1ccccc1. The van der Waals surface area contributed by atoms with Crippen LogP contribution in [0.25, 0.3) is 0 Å². The molecule has 0 aliphatic carbocycles. The maximum absolute atomic E-state index is 12.3. The monoisotopic (exact) mass is 325 g/mol. The molecule has 0 radical (unpaired) electrons. The Hall–Kier alpha value is -2.62. The van der Waals surface area contributed by atoms with Crippen molar-refractivity contribution in [3.63, 3.8) is 0 Å². The summed E-state index contributed by atoms with van der Waals surface area (Å²) in [6.45, 7) is 3.92. The molecule has 1 amide bonds. The first-order chi connectivity index (χ1) is 11.6. The Labute approximate surface area is 142 Å². The minimum absolute atomic E-state index is 0.0960. The van der Waals surface area contributed by atoms with Gasteiger partial charge in [-0.3, -0.25) is 9.59 Å². The van der Waals surface area contributed by atoms with Gasteiger partial charge in [-0.25, -0.2) is 0 Å². The lowest BCUT2D eigenvalue weighted by molar-refractivity contribution is -0.155.